The molecular weight excluding hydrogens is 248 g/mol. The number of aryl methyl sites for hydroxylation is 1. The van der Waals surface area contributed by atoms with Crippen molar-refractivity contribution < 1.29 is 4.74 Å². The van der Waals surface area contributed by atoms with Crippen LogP contribution in [0.2, 0.25) is 0 Å². The normalized spacial score (nSPS) is 21.9. The van der Waals surface area contributed by atoms with Gasteiger partial charge in [0.2, 0.25) is 0 Å². The number of rotatable bonds is 6. The van der Waals surface area contributed by atoms with Crippen LogP contribution in [0.4, 0.5) is 0 Å². The Kier molecular flexibility index (Phi) is 6.02. The number of hydrogen-bond donors (Lipinski definition) is 1. The first kappa shape index (κ1) is 15.5. The van der Waals surface area contributed by atoms with E-state index in [2.05, 4.69) is 55.3 Å². The molecule has 1 aliphatic rings. The van der Waals surface area contributed by atoms with Crippen LogP contribution in [0.5, 0.6) is 0 Å². The summed E-state index contributed by atoms with van der Waals surface area (Å²) in [5.41, 5.74) is 2.80. The average molecular weight is 276 g/mol. The summed E-state index contributed by atoms with van der Waals surface area (Å²) in [4.78, 5) is 2.53. The zero-order valence-corrected chi connectivity index (χ0v) is 13.1. The number of hydrogen-bond acceptors (Lipinski definition) is 3. The maximum absolute atomic E-state index is 5.53. The fraction of sp³-hybridized carbons (Fsp3) is 0.647. The number of morpholine rings is 1. The van der Waals surface area contributed by atoms with Crippen molar-refractivity contribution in [2.45, 2.75) is 39.3 Å². The monoisotopic (exact) mass is 276 g/mol. The van der Waals surface area contributed by atoms with Crippen LogP contribution >= 0.6 is 0 Å². The largest absolute Gasteiger partial charge is 0.379 e. The Hall–Kier alpha value is -0.900. The van der Waals surface area contributed by atoms with Gasteiger partial charge >= 0.3 is 0 Å². The van der Waals surface area contributed by atoms with Gasteiger partial charge < -0.3 is 10.1 Å². The van der Waals surface area contributed by atoms with E-state index < -0.39 is 0 Å². The molecule has 112 valence electrons. The molecule has 1 fully saturated rings. The Morgan fingerprint density at radius 1 is 1.30 bits per heavy atom. The molecule has 1 saturated heterocycles. The molecule has 0 saturated carbocycles. The van der Waals surface area contributed by atoms with E-state index in [0.717, 1.165) is 39.3 Å². The van der Waals surface area contributed by atoms with Crippen molar-refractivity contribution in [3.63, 3.8) is 0 Å². The van der Waals surface area contributed by atoms with Gasteiger partial charge in [0.25, 0.3) is 0 Å². The third-order valence-corrected chi connectivity index (χ3v) is 4.16. The minimum absolute atomic E-state index is 0.409. The number of ether oxygens (including phenoxy) is 1. The molecule has 2 rings (SSSR count). The highest BCUT2D eigenvalue weighted by Crippen LogP contribution is 2.18. The highest BCUT2D eigenvalue weighted by Gasteiger charge is 2.22. The van der Waals surface area contributed by atoms with E-state index in [-0.39, 0.29) is 0 Å². The summed E-state index contributed by atoms with van der Waals surface area (Å²) in [6.45, 7) is 11.4. The van der Waals surface area contributed by atoms with Crippen LogP contribution in [-0.2, 0) is 11.2 Å². The molecule has 0 amide bonds. The molecular formula is C17H28N2O. The fourth-order valence-electron chi connectivity index (χ4n) is 2.79. The standard InChI is InChI=1S/C17H28N2O/c1-4-15-6-8-16(9-7-15)17(18-5-2)12-19-10-11-20-13-14(19)3/h6-9,14,17-18H,4-5,10-13H2,1-3H3. The Labute approximate surface area is 123 Å². The van der Waals surface area contributed by atoms with Crippen molar-refractivity contribution in [1.82, 2.24) is 10.2 Å². The molecule has 0 aliphatic carbocycles. The summed E-state index contributed by atoms with van der Waals surface area (Å²) in [5.74, 6) is 0. The third-order valence-electron chi connectivity index (χ3n) is 4.16. The highest BCUT2D eigenvalue weighted by molar-refractivity contribution is 5.25. The van der Waals surface area contributed by atoms with Crippen molar-refractivity contribution in [2.24, 2.45) is 0 Å². The first-order valence-electron chi connectivity index (χ1n) is 7.88. The zero-order chi connectivity index (χ0) is 14.4. The van der Waals surface area contributed by atoms with Crippen LogP contribution in [0.25, 0.3) is 0 Å². The maximum atomic E-state index is 5.53. The van der Waals surface area contributed by atoms with Gasteiger partial charge in [-0.2, -0.15) is 0 Å². The molecule has 0 spiro atoms. The first-order valence-corrected chi connectivity index (χ1v) is 7.88. The van der Waals surface area contributed by atoms with E-state index in [4.69, 9.17) is 4.74 Å². The molecule has 20 heavy (non-hydrogen) atoms. The predicted molar refractivity (Wildman–Crippen MR) is 84.1 cm³/mol. The van der Waals surface area contributed by atoms with E-state index >= 15 is 0 Å². The summed E-state index contributed by atoms with van der Waals surface area (Å²) in [7, 11) is 0. The zero-order valence-electron chi connectivity index (χ0n) is 13.1. The molecule has 1 N–H and O–H groups in total. The second-order valence-corrected chi connectivity index (χ2v) is 5.62. The summed E-state index contributed by atoms with van der Waals surface area (Å²) in [5, 5.41) is 3.62. The van der Waals surface area contributed by atoms with Gasteiger partial charge in [-0.25, -0.2) is 0 Å². The molecule has 2 unspecified atom stereocenters. The number of benzene rings is 1. The number of likely N-dealkylation sites (N-methyl/N-ethyl adjacent to an activating group) is 1. The van der Waals surface area contributed by atoms with Crippen molar-refractivity contribution >= 4 is 0 Å². The number of nitrogens with zero attached hydrogens (tertiary/aromatic N) is 1. The van der Waals surface area contributed by atoms with Crippen molar-refractivity contribution in [3.05, 3.63) is 35.4 Å². The van der Waals surface area contributed by atoms with Crippen LogP contribution in [0.3, 0.4) is 0 Å². The number of nitrogens with one attached hydrogen (secondary N) is 1. The fourth-order valence-corrected chi connectivity index (χ4v) is 2.79. The molecule has 0 radical (unpaired) electrons. The van der Waals surface area contributed by atoms with Crippen LogP contribution < -0.4 is 5.32 Å². The van der Waals surface area contributed by atoms with Crippen LogP contribution in [0.15, 0.2) is 24.3 Å². The van der Waals surface area contributed by atoms with E-state index in [9.17, 15) is 0 Å². The molecule has 3 nitrogen and oxygen atoms in total. The Morgan fingerprint density at radius 2 is 2.05 bits per heavy atom. The molecule has 1 aromatic carbocycles. The minimum atomic E-state index is 0.409. The molecule has 1 aliphatic heterocycles. The van der Waals surface area contributed by atoms with E-state index in [0.29, 0.717) is 12.1 Å². The molecule has 0 aromatic heterocycles. The molecule has 0 bridgehead atoms. The van der Waals surface area contributed by atoms with E-state index in [1.807, 2.05) is 0 Å². The summed E-state index contributed by atoms with van der Waals surface area (Å²) < 4.78 is 5.53. The smallest absolute Gasteiger partial charge is 0.0619 e. The minimum Gasteiger partial charge on any atom is -0.379 e. The summed E-state index contributed by atoms with van der Waals surface area (Å²) in [6.07, 6.45) is 1.10. The SMILES string of the molecule is CCNC(CN1CCOCC1C)c1ccc(CC)cc1. The van der Waals surface area contributed by atoms with Gasteiger partial charge in [-0.05, 0) is 31.0 Å². The van der Waals surface area contributed by atoms with Gasteiger partial charge in [0.15, 0.2) is 0 Å². The molecule has 3 heteroatoms. The second-order valence-electron chi connectivity index (χ2n) is 5.62. The lowest BCUT2D eigenvalue weighted by Crippen LogP contribution is -2.47. The molecule has 1 aromatic rings. The van der Waals surface area contributed by atoms with Gasteiger partial charge in [-0.1, -0.05) is 38.1 Å². The Balaban J connectivity index is 2.04. The van der Waals surface area contributed by atoms with Gasteiger partial charge in [0.1, 0.15) is 0 Å². The summed E-state index contributed by atoms with van der Waals surface area (Å²) in [6, 6.07) is 9.98. The van der Waals surface area contributed by atoms with Gasteiger partial charge in [0.05, 0.1) is 13.2 Å². The lowest BCUT2D eigenvalue weighted by molar-refractivity contribution is -0.00442. The van der Waals surface area contributed by atoms with Crippen LogP contribution in [0, 0.1) is 0 Å². The second kappa shape index (κ2) is 7.77. The maximum Gasteiger partial charge on any atom is 0.0619 e. The van der Waals surface area contributed by atoms with Gasteiger partial charge in [-0.15, -0.1) is 0 Å². The highest BCUT2D eigenvalue weighted by atomic mass is 16.5. The predicted octanol–water partition coefficient (Wildman–Crippen LogP) is 2.62. The van der Waals surface area contributed by atoms with Gasteiger partial charge in [0, 0.05) is 25.2 Å². The summed E-state index contributed by atoms with van der Waals surface area (Å²) >= 11 is 0. The first-order chi connectivity index (χ1) is 9.74. The van der Waals surface area contributed by atoms with Crippen molar-refractivity contribution in [3.8, 4) is 0 Å². The Bertz CT molecular complexity index is 390. The van der Waals surface area contributed by atoms with Gasteiger partial charge in [-0.3, -0.25) is 4.90 Å². The van der Waals surface area contributed by atoms with E-state index in [1.165, 1.54) is 11.1 Å². The van der Waals surface area contributed by atoms with Crippen LogP contribution in [0.1, 0.15) is 37.9 Å². The Morgan fingerprint density at radius 3 is 2.65 bits per heavy atom. The van der Waals surface area contributed by atoms with E-state index in [1.54, 1.807) is 0 Å². The van der Waals surface area contributed by atoms with Crippen molar-refractivity contribution in [2.75, 3.05) is 32.8 Å². The lowest BCUT2D eigenvalue weighted by atomic mass is 10.0. The molecule has 2 atom stereocenters. The quantitative estimate of drug-likeness (QED) is 0.864. The third kappa shape index (κ3) is 4.05. The average Bonchev–Trinajstić information content (AvgIpc) is 2.49. The molecule has 1 heterocycles. The van der Waals surface area contributed by atoms with Crippen molar-refractivity contribution in [1.29, 1.82) is 0 Å². The lowest BCUT2D eigenvalue weighted by Gasteiger charge is -2.36. The topological polar surface area (TPSA) is 24.5 Å². The van der Waals surface area contributed by atoms with Crippen LogP contribution in [-0.4, -0.2) is 43.8 Å².